The van der Waals surface area contributed by atoms with Gasteiger partial charge in [0.25, 0.3) is 5.69 Å². The Bertz CT molecular complexity index is 1150. The van der Waals surface area contributed by atoms with Crippen molar-refractivity contribution >= 4 is 17.7 Å². The van der Waals surface area contributed by atoms with Gasteiger partial charge in [0.05, 0.1) is 4.92 Å². The molecule has 1 aliphatic carbocycles. The average molecular weight is 445 g/mol. The molecule has 0 saturated heterocycles. The number of carboxylic acids is 1. The minimum absolute atomic E-state index is 0.0697. The van der Waals surface area contributed by atoms with Gasteiger partial charge >= 0.3 is 6.09 Å². The lowest BCUT2D eigenvalue weighted by atomic mass is 9.98. The molecule has 3 aromatic carbocycles. The van der Waals surface area contributed by atoms with Crippen LogP contribution in [0.5, 0.6) is 0 Å². The summed E-state index contributed by atoms with van der Waals surface area (Å²) in [4.78, 5) is 34.0. The van der Waals surface area contributed by atoms with E-state index in [0.717, 1.165) is 22.3 Å². The van der Waals surface area contributed by atoms with Crippen LogP contribution < -0.4 is 10.4 Å². The molecule has 1 atom stereocenters. The van der Waals surface area contributed by atoms with Gasteiger partial charge in [0.15, 0.2) is 0 Å². The number of amides is 1. The largest absolute Gasteiger partial charge is 0.550 e. The Labute approximate surface area is 190 Å². The Morgan fingerprint density at radius 2 is 1.52 bits per heavy atom. The van der Waals surface area contributed by atoms with Crippen LogP contribution in [0.2, 0.25) is 0 Å². The van der Waals surface area contributed by atoms with Crippen molar-refractivity contribution in [1.82, 2.24) is 5.32 Å². The highest BCUT2D eigenvalue weighted by Crippen LogP contribution is 2.44. The summed E-state index contributed by atoms with van der Waals surface area (Å²) in [7, 11) is 0. The number of nitro groups is 1. The van der Waals surface area contributed by atoms with Gasteiger partial charge in [-0.05, 0) is 34.2 Å². The van der Waals surface area contributed by atoms with E-state index in [4.69, 9.17) is 4.74 Å². The molecule has 0 radical (unpaired) electrons. The van der Waals surface area contributed by atoms with E-state index in [9.17, 15) is 24.8 Å². The number of rotatable bonds is 8. The molecule has 8 nitrogen and oxygen atoms in total. The number of carboxylic acid groups (broad SMARTS) is 1. The fraction of sp³-hybridized carbons (Fsp3) is 0.200. The molecular formula is C25H21N2O6-. The molecule has 168 valence electrons. The third kappa shape index (κ3) is 5.01. The Balaban J connectivity index is 1.42. The lowest BCUT2D eigenvalue weighted by Gasteiger charge is -2.20. The van der Waals surface area contributed by atoms with E-state index in [-0.39, 0.29) is 24.6 Å². The molecule has 1 N–H and O–H groups in total. The maximum Gasteiger partial charge on any atom is 0.407 e. The summed E-state index contributed by atoms with van der Waals surface area (Å²) >= 11 is 0. The molecule has 1 amide bonds. The first-order chi connectivity index (χ1) is 15.9. The molecule has 0 heterocycles. The number of hydrogen-bond acceptors (Lipinski definition) is 6. The summed E-state index contributed by atoms with van der Waals surface area (Å²) in [6, 6.07) is 20.8. The summed E-state index contributed by atoms with van der Waals surface area (Å²) < 4.78 is 5.49. The molecule has 0 saturated carbocycles. The van der Waals surface area contributed by atoms with Gasteiger partial charge in [-0.2, -0.15) is 0 Å². The summed E-state index contributed by atoms with van der Waals surface area (Å²) in [5.41, 5.74) is 4.93. The second kappa shape index (κ2) is 9.52. The quantitative estimate of drug-likeness (QED) is 0.420. The normalized spacial score (nSPS) is 13.0. The molecule has 0 aromatic heterocycles. The van der Waals surface area contributed by atoms with Gasteiger partial charge in [0.1, 0.15) is 6.61 Å². The van der Waals surface area contributed by atoms with Gasteiger partial charge in [0, 0.05) is 36.5 Å². The molecule has 4 rings (SSSR count). The van der Waals surface area contributed by atoms with Crippen LogP contribution in [0, 0.1) is 10.1 Å². The second-order valence-corrected chi connectivity index (χ2v) is 7.87. The molecule has 8 heteroatoms. The highest BCUT2D eigenvalue weighted by molar-refractivity contribution is 5.79. The van der Waals surface area contributed by atoms with Crippen LogP contribution in [0.4, 0.5) is 10.5 Å². The van der Waals surface area contributed by atoms with E-state index in [0.29, 0.717) is 5.56 Å². The molecule has 0 fully saturated rings. The first kappa shape index (κ1) is 22.0. The van der Waals surface area contributed by atoms with Gasteiger partial charge in [-0.1, -0.05) is 60.7 Å². The Hall–Kier alpha value is -4.20. The van der Waals surface area contributed by atoms with Crippen molar-refractivity contribution in [3.8, 4) is 11.1 Å². The van der Waals surface area contributed by atoms with E-state index >= 15 is 0 Å². The zero-order chi connectivity index (χ0) is 23.4. The molecule has 1 aliphatic rings. The number of nitrogens with zero attached hydrogens (tertiary/aromatic N) is 1. The smallest absolute Gasteiger partial charge is 0.407 e. The highest BCUT2D eigenvalue weighted by Gasteiger charge is 2.29. The maximum atomic E-state index is 12.5. The van der Waals surface area contributed by atoms with Gasteiger partial charge < -0.3 is 20.0 Å². The van der Waals surface area contributed by atoms with Crippen LogP contribution in [-0.4, -0.2) is 29.6 Å². The van der Waals surface area contributed by atoms with Crippen LogP contribution >= 0.6 is 0 Å². The summed E-state index contributed by atoms with van der Waals surface area (Å²) in [5.74, 6) is -1.43. The Morgan fingerprint density at radius 1 is 0.939 bits per heavy atom. The molecule has 3 aromatic rings. The van der Waals surface area contributed by atoms with Crippen molar-refractivity contribution in [2.45, 2.75) is 24.8 Å². The molecule has 33 heavy (non-hydrogen) atoms. The summed E-state index contributed by atoms with van der Waals surface area (Å²) in [6.07, 6.45) is -0.984. The fourth-order valence-corrected chi connectivity index (χ4v) is 4.22. The van der Waals surface area contributed by atoms with Crippen LogP contribution in [0.3, 0.4) is 0 Å². The predicted octanol–water partition coefficient (Wildman–Crippen LogP) is 3.18. The third-order valence-corrected chi connectivity index (χ3v) is 5.71. The Morgan fingerprint density at radius 3 is 2.06 bits per heavy atom. The monoisotopic (exact) mass is 445 g/mol. The van der Waals surface area contributed by atoms with Crippen molar-refractivity contribution in [3.05, 3.63) is 99.6 Å². The van der Waals surface area contributed by atoms with Gasteiger partial charge in [-0.25, -0.2) is 4.79 Å². The van der Waals surface area contributed by atoms with Crippen molar-refractivity contribution in [2.24, 2.45) is 0 Å². The molecule has 0 aliphatic heterocycles. The lowest BCUT2D eigenvalue weighted by molar-refractivity contribution is -0.384. The zero-order valence-electron chi connectivity index (χ0n) is 17.6. The van der Waals surface area contributed by atoms with Gasteiger partial charge in [0.2, 0.25) is 0 Å². The second-order valence-electron chi connectivity index (χ2n) is 7.87. The zero-order valence-corrected chi connectivity index (χ0v) is 17.6. The number of hydrogen-bond donors (Lipinski definition) is 1. The minimum Gasteiger partial charge on any atom is -0.550 e. The van der Waals surface area contributed by atoms with Crippen molar-refractivity contribution in [2.75, 3.05) is 6.61 Å². The highest BCUT2D eigenvalue weighted by atomic mass is 16.6. The number of benzene rings is 3. The number of nitro benzene ring substituents is 1. The van der Waals surface area contributed by atoms with Crippen molar-refractivity contribution in [1.29, 1.82) is 0 Å². The van der Waals surface area contributed by atoms with E-state index in [1.54, 1.807) is 0 Å². The van der Waals surface area contributed by atoms with E-state index in [1.807, 2.05) is 48.5 Å². The molecule has 0 spiro atoms. The number of non-ortho nitro benzene ring substituents is 1. The summed E-state index contributed by atoms with van der Waals surface area (Å²) in [5, 5.41) is 24.6. The number of nitrogens with one attached hydrogen (secondary N) is 1. The van der Waals surface area contributed by atoms with E-state index in [2.05, 4.69) is 5.32 Å². The fourth-order valence-electron chi connectivity index (χ4n) is 4.22. The van der Waals surface area contributed by atoms with Gasteiger partial charge in [-0.3, -0.25) is 10.1 Å². The number of alkyl carbamates (subject to hydrolysis) is 1. The first-order valence-electron chi connectivity index (χ1n) is 10.5. The number of carbonyl (C=O) groups is 2. The van der Waals surface area contributed by atoms with Crippen LogP contribution in [-0.2, 0) is 16.0 Å². The first-order valence-corrected chi connectivity index (χ1v) is 10.5. The Kier molecular flexibility index (Phi) is 6.35. The molecular weight excluding hydrogens is 424 g/mol. The predicted molar refractivity (Wildman–Crippen MR) is 118 cm³/mol. The maximum absolute atomic E-state index is 12.5. The third-order valence-electron chi connectivity index (χ3n) is 5.71. The van der Waals surface area contributed by atoms with Crippen molar-refractivity contribution in [3.63, 3.8) is 0 Å². The standard InChI is InChI=1S/C25H22N2O6/c28-24(29)14-17(13-16-9-11-18(12-10-16)27(31)32)26-25(30)33-15-23-21-7-3-1-5-19(21)20-6-2-4-8-22(20)23/h1-12,17,23H,13-15H2,(H,26,30)(H,28,29)/p-1/t17-/m1/s1. The van der Waals surface area contributed by atoms with Crippen LogP contribution in [0.1, 0.15) is 29.0 Å². The molecule has 0 unspecified atom stereocenters. The van der Waals surface area contributed by atoms with Crippen LogP contribution in [0.25, 0.3) is 11.1 Å². The number of carbonyl (C=O) groups excluding carboxylic acids is 2. The van der Waals surface area contributed by atoms with Crippen molar-refractivity contribution < 1.29 is 24.4 Å². The minimum atomic E-state index is -1.32. The van der Waals surface area contributed by atoms with Crippen LogP contribution in [0.15, 0.2) is 72.8 Å². The number of fused-ring (bicyclic) bond motifs is 3. The average Bonchev–Trinajstić information content (AvgIpc) is 3.11. The van der Waals surface area contributed by atoms with Gasteiger partial charge in [-0.15, -0.1) is 0 Å². The summed E-state index contributed by atoms with van der Waals surface area (Å²) in [6.45, 7) is 0.107. The van der Waals surface area contributed by atoms with E-state index in [1.165, 1.54) is 24.3 Å². The number of aliphatic carboxylic acids is 1. The van der Waals surface area contributed by atoms with E-state index < -0.39 is 29.4 Å². The number of ether oxygens (including phenoxy) is 1. The SMILES string of the molecule is O=C([O-])C[C@@H](Cc1ccc([N+](=O)[O-])cc1)NC(=O)OCC1c2ccccc2-c2ccccc21. The topological polar surface area (TPSA) is 122 Å². The molecule has 0 bridgehead atoms. The lowest BCUT2D eigenvalue weighted by Crippen LogP contribution is -2.41.